The van der Waals surface area contributed by atoms with Crippen molar-refractivity contribution in [3.63, 3.8) is 0 Å². The predicted molar refractivity (Wildman–Crippen MR) is 104 cm³/mol. The van der Waals surface area contributed by atoms with Crippen molar-refractivity contribution in [2.45, 2.75) is 11.8 Å². The van der Waals surface area contributed by atoms with Gasteiger partial charge in [0.05, 0.1) is 0 Å². The Hall–Kier alpha value is -1.70. The molecule has 3 nitrogen and oxygen atoms in total. The van der Waals surface area contributed by atoms with Crippen molar-refractivity contribution in [3.05, 3.63) is 97.6 Å². The molecular formula is C19H17IO3S. The summed E-state index contributed by atoms with van der Waals surface area (Å²) in [5, 5.41) is 0. The molecule has 0 unspecified atom stereocenters. The summed E-state index contributed by atoms with van der Waals surface area (Å²) in [5.74, 6) is 0. The average molecular weight is 452 g/mol. The van der Waals surface area contributed by atoms with Crippen molar-refractivity contribution in [2.24, 2.45) is 0 Å². The molecule has 0 aromatic heterocycles. The van der Waals surface area contributed by atoms with E-state index in [0.29, 0.717) is 5.56 Å². The van der Waals surface area contributed by atoms with Crippen LogP contribution in [0.25, 0.3) is 0 Å². The molecule has 0 heterocycles. The van der Waals surface area contributed by atoms with Crippen LogP contribution in [-0.2, 0) is 12.6 Å². The third kappa shape index (κ3) is 3.85. The van der Waals surface area contributed by atoms with Gasteiger partial charge >= 0.3 is 151 Å². The second kappa shape index (κ2) is 7.46. The molecule has 3 aromatic carbocycles. The summed E-state index contributed by atoms with van der Waals surface area (Å²) in [6.45, 7) is 1.78. The number of halogens is 1. The third-order valence-corrected chi connectivity index (χ3v) is 10.9. The number of hydrogen-bond acceptors (Lipinski definition) is 3. The van der Waals surface area contributed by atoms with E-state index >= 15 is 0 Å². The van der Waals surface area contributed by atoms with Crippen LogP contribution in [0.5, 0.6) is 0 Å². The molecule has 124 valence electrons. The first-order valence-electron chi connectivity index (χ1n) is 7.39. The molecule has 0 aliphatic heterocycles. The summed E-state index contributed by atoms with van der Waals surface area (Å²) < 4.78 is 33.4. The van der Waals surface area contributed by atoms with E-state index in [-0.39, 0.29) is 4.90 Å². The van der Waals surface area contributed by atoms with Crippen LogP contribution < -0.4 is 0 Å². The molecule has 0 saturated heterocycles. The van der Waals surface area contributed by atoms with Crippen molar-refractivity contribution in [1.29, 1.82) is 0 Å². The Labute approximate surface area is 150 Å². The van der Waals surface area contributed by atoms with Gasteiger partial charge in [-0.25, -0.2) is 0 Å². The maximum atomic E-state index is 12.8. The number of hydrogen-bond donors (Lipinski definition) is 0. The van der Waals surface area contributed by atoms with E-state index in [1.54, 1.807) is 25.1 Å². The van der Waals surface area contributed by atoms with Gasteiger partial charge in [0.1, 0.15) is 0 Å². The molecule has 0 bridgehead atoms. The van der Waals surface area contributed by atoms with Crippen molar-refractivity contribution < 1.29 is 10.9 Å². The zero-order valence-corrected chi connectivity index (χ0v) is 16.1. The molecule has 24 heavy (non-hydrogen) atoms. The fourth-order valence-electron chi connectivity index (χ4n) is 2.21. The molecule has 0 aliphatic rings. The molecule has 0 saturated carbocycles. The Morgan fingerprint density at radius 3 is 1.67 bits per heavy atom. The van der Waals surface area contributed by atoms with Crippen LogP contribution in [0, 0.1) is 14.1 Å². The van der Waals surface area contributed by atoms with Crippen molar-refractivity contribution in [2.75, 3.05) is 0 Å². The summed E-state index contributed by atoms with van der Waals surface area (Å²) in [4.78, 5) is 0.235. The van der Waals surface area contributed by atoms with Crippen molar-refractivity contribution in [3.8, 4) is 0 Å². The van der Waals surface area contributed by atoms with Crippen LogP contribution in [0.4, 0.5) is 0 Å². The molecule has 0 fully saturated rings. The standard InChI is InChI=1S/C19H17IO3S/c1-16-10-8-9-15-19(16)24(21,22)23-20(17-11-4-2-5-12-17)18-13-6-3-7-14-18/h2-15H,1H3. The minimum atomic E-state index is -3.82. The zero-order chi connectivity index (χ0) is 17.0. The first-order valence-corrected chi connectivity index (χ1v) is 11.8. The zero-order valence-electron chi connectivity index (χ0n) is 13.1. The molecule has 0 radical (unpaired) electrons. The number of benzene rings is 3. The van der Waals surface area contributed by atoms with Crippen molar-refractivity contribution >= 4 is 30.4 Å². The summed E-state index contributed by atoms with van der Waals surface area (Å²) in [7, 11) is -3.82. The molecule has 0 atom stereocenters. The van der Waals surface area contributed by atoms with Gasteiger partial charge in [-0.15, -0.1) is 0 Å². The Bertz CT molecular complexity index is 870. The van der Waals surface area contributed by atoms with Crippen LogP contribution >= 0.6 is 20.2 Å². The van der Waals surface area contributed by atoms with E-state index in [9.17, 15) is 8.42 Å². The summed E-state index contributed by atoms with van der Waals surface area (Å²) in [6, 6.07) is 26.1. The van der Waals surface area contributed by atoms with Gasteiger partial charge in [-0.05, 0) is 0 Å². The van der Waals surface area contributed by atoms with Gasteiger partial charge in [0.25, 0.3) is 0 Å². The van der Waals surface area contributed by atoms with Crippen LogP contribution in [-0.4, -0.2) is 8.42 Å². The van der Waals surface area contributed by atoms with Gasteiger partial charge in [-0.3, -0.25) is 0 Å². The molecule has 0 amide bonds. The summed E-state index contributed by atoms with van der Waals surface area (Å²) in [6.07, 6.45) is 0. The average Bonchev–Trinajstić information content (AvgIpc) is 2.61. The SMILES string of the molecule is Cc1ccccc1S(=O)(=O)OI(c1ccccc1)c1ccccc1. The second-order valence-electron chi connectivity index (χ2n) is 5.12. The first kappa shape index (κ1) is 17.1. The Balaban J connectivity index is 2.03. The first-order chi connectivity index (χ1) is 11.6. The molecule has 5 heteroatoms. The normalized spacial score (nSPS) is 12.0. The molecule has 0 aliphatic carbocycles. The Morgan fingerprint density at radius 2 is 1.17 bits per heavy atom. The van der Waals surface area contributed by atoms with E-state index in [2.05, 4.69) is 0 Å². The quantitative estimate of drug-likeness (QED) is 0.520. The maximum absolute atomic E-state index is 12.8. The van der Waals surface area contributed by atoms with E-state index in [0.717, 1.165) is 7.14 Å². The van der Waals surface area contributed by atoms with E-state index in [4.69, 9.17) is 2.51 Å². The minimum absolute atomic E-state index is 0.235. The van der Waals surface area contributed by atoms with Gasteiger partial charge < -0.3 is 0 Å². The van der Waals surface area contributed by atoms with E-state index < -0.39 is 30.4 Å². The van der Waals surface area contributed by atoms with Gasteiger partial charge in [0, 0.05) is 0 Å². The molecular weight excluding hydrogens is 435 g/mol. The Kier molecular flexibility index (Phi) is 5.33. The van der Waals surface area contributed by atoms with E-state index in [1.807, 2.05) is 66.7 Å². The predicted octanol–water partition coefficient (Wildman–Crippen LogP) is 4.86. The topological polar surface area (TPSA) is 43.4 Å². The van der Waals surface area contributed by atoms with Crippen molar-refractivity contribution in [1.82, 2.24) is 0 Å². The van der Waals surface area contributed by atoms with Gasteiger partial charge in [-0.1, -0.05) is 0 Å². The molecule has 0 N–H and O–H groups in total. The van der Waals surface area contributed by atoms with Gasteiger partial charge in [-0.2, -0.15) is 0 Å². The third-order valence-electron chi connectivity index (χ3n) is 3.37. The summed E-state index contributed by atoms with van der Waals surface area (Å²) in [5.41, 5.74) is 0.689. The number of rotatable bonds is 5. The second-order valence-corrected chi connectivity index (χ2v) is 11.6. The van der Waals surface area contributed by atoms with Gasteiger partial charge in [0.15, 0.2) is 0 Å². The van der Waals surface area contributed by atoms with E-state index in [1.165, 1.54) is 0 Å². The van der Waals surface area contributed by atoms with Crippen LogP contribution in [0.2, 0.25) is 0 Å². The fourth-order valence-corrected chi connectivity index (χ4v) is 9.40. The summed E-state index contributed by atoms with van der Waals surface area (Å²) >= 11 is -2.57. The van der Waals surface area contributed by atoms with Crippen LogP contribution in [0.1, 0.15) is 5.56 Å². The molecule has 3 rings (SSSR count). The Morgan fingerprint density at radius 1 is 0.708 bits per heavy atom. The monoisotopic (exact) mass is 452 g/mol. The van der Waals surface area contributed by atoms with Gasteiger partial charge in [0.2, 0.25) is 0 Å². The number of aryl methyl sites for hydroxylation is 1. The molecule has 3 aromatic rings. The fraction of sp³-hybridized carbons (Fsp3) is 0.0526. The van der Waals surface area contributed by atoms with Crippen LogP contribution in [0.3, 0.4) is 0 Å². The molecule has 0 spiro atoms. The van der Waals surface area contributed by atoms with Crippen LogP contribution in [0.15, 0.2) is 89.8 Å².